The molecule has 0 aliphatic carbocycles. The van der Waals surface area contributed by atoms with E-state index in [1.807, 2.05) is 36.4 Å². The minimum absolute atomic E-state index is 0.317. The lowest BCUT2D eigenvalue weighted by Gasteiger charge is -2.10. The molecule has 0 saturated carbocycles. The van der Waals surface area contributed by atoms with Crippen molar-refractivity contribution in [2.45, 2.75) is 6.54 Å². The van der Waals surface area contributed by atoms with Crippen LogP contribution >= 0.6 is 15.9 Å². The molecule has 0 fully saturated rings. The Kier molecular flexibility index (Phi) is 4.60. The zero-order chi connectivity index (χ0) is 18.8. The summed E-state index contributed by atoms with van der Waals surface area (Å²) in [5.74, 6) is 0.210. The Hall–Kier alpha value is -3.19. The molecule has 4 rings (SSSR count). The summed E-state index contributed by atoms with van der Waals surface area (Å²) in [5.41, 5.74) is 1.69. The number of benzene rings is 2. The van der Waals surface area contributed by atoms with Crippen LogP contribution in [0.5, 0.6) is 0 Å². The van der Waals surface area contributed by atoms with Crippen LogP contribution in [0, 0.1) is 0 Å². The second-order valence-corrected chi connectivity index (χ2v) is 6.96. The standard InChI is InChI=1S/C20H15BrN4O2/c21-14-7-5-13(6-8-14)12-25-18(9-10-22-25)24-20(27)16-11-19(26)23-17-4-2-1-3-15(16)17/h1-11H,12H2,(H,23,26)(H,24,27). The van der Waals surface area contributed by atoms with Crippen molar-refractivity contribution in [3.8, 4) is 0 Å². The third kappa shape index (κ3) is 3.68. The molecule has 0 radical (unpaired) electrons. The third-order valence-corrected chi connectivity index (χ3v) is 4.73. The van der Waals surface area contributed by atoms with Gasteiger partial charge in [-0.2, -0.15) is 5.10 Å². The topological polar surface area (TPSA) is 79.8 Å². The number of carbonyl (C=O) groups excluding carboxylic acids is 1. The smallest absolute Gasteiger partial charge is 0.257 e. The first kappa shape index (κ1) is 17.2. The van der Waals surface area contributed by atoms with Crippen molar-refractivity contribution < 1.29 is 4.79 Å². The number of nitrogens with zero attached hydrogens (tertiary/aromatic N) is 2. The Morgan fingerprint density at radius 1 is 1.11 bits per heavy atom. The summed E-state index contributed by atoms with van der Waals surface area (Å²) in [6, 6.07) is 18.1. The molecule has 4 aromatic rings. The average molecular weight is 423 g/mol. The van der Waals surface area contributed by atoms with Crippen molar-refractivity contribution >= 4 is 38.6 Å². The number of halogens is 1. The number of fused-ring (bicyclic) bond motifs is 1. The van der Waals surface area contributed by atoms with E-state index >= 15 is 0 Å². The van der Waals surface area contributed by atoms with E-state index in [2.05, 4.69) is 31.3 Å². The van der Waals surface area contributed by atoms with Gasteiger partial charge in [0.2, 0.25) is 5.56 Å². The van der Waals surface area contributed by atoms with Gasteiger partial charge < -0.3 is 10.3 Å². The second kappa shape index (κ2) is 7.20. The number of H-pyrrole nitrogens is 1. The summed E-state index contributed by atoms with van der Waals surface area (Å²) >= 11 is 3.41. The van der Waals surface area contributed by atoms with E-state index in [1.165, 1.54) is 6.07 Å². The van der Waals surface area contributed by atoms with Crippen molar-refractivity contribution in [3.05, 3.63) is 92.8 Å². The number of para-hydroxylation sites is 1. The minimum Gasteiger partial charge on any atom is -0.322 e. The maximum atomic E-state index is 12.8. The van der Waals surface area contributed by atoms with Gasteiger partial charge in [0.05, 0.1) is 18.3 Å². The molecule has 2 heterocycles. The first-order valence-corrected chi connectivity index (χ1v) is 9.09. The Morgan fingerprint density at radius 3 is 2.70 bits per heavy atom. The molecule has 0 aliphatic heterocycles. The number of carbonyl (C=O) groups is 1. The molecule has 6 nitrogen and oxygen atoms in total. The summed E-state index contributed by atoms with van der Waals surface area (Å²) in [6.07, 6.45) is 1.63. The molecule has 0 saturated heterocycles. The number of anilines is 1. The monoisotopic (exact) mass is 422 g/mol. The van der Waals surface area contributed by atoms with Gasteiger partial charge in [0, 0.05) is 27.5 Å². The van der Waals surface area contributed by atoms with Crippen LogP contribution in [-0.4, -0.2) is 20.7 Å². The number of aromatic nitrogens is 3. The number of hydrogen-bond acceptors (Lipinski definition) is 3. The van der Waals surface area contributed by atoms with Crippen LogP contribution in [-0.2, 0) is 6.54 Å². The Balaban J connectivity index is 1.62. The third-order valence-electron chi connectivity index (χ3n) is 4.20. The number of hydrogen-bond donors (Lipinski definition) is 2. The van der Waals surface area contributed by atoms with Crippen LogP contribution in [0.4, 0.5) is 5.82 Å². The normalized spacial score (nSPS) is 10.9. The summed E-state index contributed by atoms with van der Waals surface area (Å²) < 4.78 is 2.71. The first-order valence-electron chi connectivity index (χ1n) is 8.30. The van der Waals surface area contributed by atoms with Gasteiger partial charge >= 0.3 is 0 Å². The van der Waals surface area contributed by atoms with Gasteiger partial charge in [0.15, 0.2) is 0 Å². The van der Waals surface area contributed by atoms with Gasteiger partial charge in [-0.15, -0.1) is 0 Å². The Bertz CT molecular complexity index is 1180. The fourth-order valence-corrected chi connectivity index (χ4v) is 3.17. The molecule has 2 aromatic carbocycles. The average Bonchev–Trinajstić information content (AvgIpc) is 3.09. The van der Waals surface area contributed by atoms with Gasteiger partial charge in [-0.25, -0.2) is 4.68 Å². The molecule has 0 atom stereocenters. The Morgan fingerprint density at radius 2 is 1.89 bits per heavy atom. The summed E-state index contributed by atoms with van der Waals surface area (Å²) in [7, 11) is 0. The highest BCUT2D eigenvalue weighted by Crippen LogP contribution is 2.18. The first-order chi connectivity index (χ1) is 13.1. The van der Waals surface area contributed by atoms with Crippen molar-refractivity contribution in [1.82, 2.24) is 14.8 Å². The quantitative estimate of drug-likeness (QED) is 0.524. The lowest BCUT2D eigenvalue weighted by molar-refractivity contribution is 0.102. The maximum absolute atomic E-state index is 12.8. The summed E-state index contributed by atoms with van der Waals surface area (Å²) in [5, 5.41) is 7.83. The highest BCUT2D eigenvalue weighted by atomic mass is 79.9. The predicted molar refractivity (Wildman–Crippen MR) is 108 cm³/mol. The molecule has 2 N–H and O–H groups in total. The largest absolute Gasteiger partial charge is 0.322 e. The van der Waals surface area contributed by atoms with Gasteiger partial charge in [-0.3, -0.25) is 9.59 Å². The molecule has 0 unspecified atom stereocenters. The Labute approximate surface area is 163 Å². The van der Waals surface area contributed by atoms with Gasteiger partial charge in [0.25, 0.3) is 5.91 Å². The molecule has 1 amide bonds. The van der Waals surface area contributed by atoms with Gasteiger partial charge in [0.1, 0.15) is 5.82 Å². The van der Waals surface area contributed by atoms with Crippen LogP contribution in [0.3, 0.4) is 0 Å². The summed E-state index contributed by atoms with van der Waals surface area (Å²) in [4.78, 5) is 27.4. The van der Waals surface area contributed by atoms with Crippen molar-refractivity contribution in [1.29, 1.82) is 0 Å². The number of pyridine rings is 1. The maximum Gasteiger partial charge on any atom is 0.257 e. The SMILES string of the molecule is O=C(Nc1ccnn1Cc1ccc(Br)cc1)c1cc(=O)[nH]c2ccccc12. The lowest BCUT2D eigenvalue weighted by Crippen LogP contribution is -2.19. The molecule has 2 aromatic heterocycles. The zero-order valence-electron chi connectivity index (χ0n) is 14.1. The predicted octanol–water partition coefficient (Wildman–Crippen LogP) is 3.79. The van der Waals surface area contributed by atoms with Crippen molar-refractivity contribution in [3.63, 3.8) is 0 Å². The number of rotatable bonds is 4. The minimum atomic E-state index is -0.352. The molecule has 27 heavy (non-hydrogen) atoms. The van der Waals surface area contributed by atoms with E-state index in [1.54, 1.807) is 29.1 Å². The molecule has 0 spiro atoms. The fourth-order valence-electron chi connectivity index (χ4n) is 2.90. The molecule has 134 valence electrons. The molecule has 7 heteroatoms. The molecule has 0 bridgehead atoms. The molecular weight excluding hydrogens is 408 g/mol. The van der Waals surface area contributed by atoms with E-state index in [0.717, 1.165) is 10.0 Å². The van der Waals surface area contributed by atoms with Gasteiger partial charge in [-0.05, 0) is 23.8 Å². The van der Waals surface area contributed by atoms with Gasteiger partial charge in [-0.1, -0.05) is 46.3 Å². The van der Waals surface area contributed by atoms with E-state index in [4.69, 9.17) is 0 Å². The highest BCUT2D eigenvalue weighted by Gasteiger charge is 2.14. The van der Waals surface area contributed by atoms with Crippen LogP contribution in [0.1, 0.15) is 15.9 Å². The van der Waals surface area contributed by atoms with Crippen molar-refractivity contribution in [2.75, 3.05) is 5.32 Å². The molecule has 0 aliphatic rings. The fraction of sp³-hybridized carbons (Fsp3) is 0.0500. The molecular formula is C20H15BrN4O2. The van der Waals surface area contributed by atoms with E-state index in [0.29, 0.717) is 28.8 Å². The van der Waals surface area contributed by atoms with Crippen molar-refractivity contribution in [2.24, 2.45) is 0 Å². The lowest BCUT2D eigenvalue weighted by atomic mass is 10.1. The van der Waals surface area contributed by atoms with Crippen LogP contribution in [0.15, 0.2) is 76.1 Å². The number of amides is 1. The second-order valence-electron chi connectivity index (χ2n) is 6.05. The van der Waals surface area contributed by atoms with E-state index in [9.17, 15) is 9.59 Å². The van der Waals surface area contributed by atoms with Crippen LogP contribution in [0.2, 0.25) is 0 Å². The number of nitrogens with one attached hydrogen (secondary N) is 2. The zero-order valence-corrected chi connectivity index (χ0v) is 15.7. The highest BCUT2D eigenvalue weighted by molar-refractivity contribution is 9.10. The summed E-state index contributed by atoms with van der Waals surface area (Å²) in [6.45, 7) is 0.520. The van der Waals surface area contributed by atoms with E-state index < -0.39 is 0 Å². The van der Waals surface area contributed by atoms with Crippen LogP contribution in [0.25, 0.3) is 10.9 Å². The van der Waals surface area contributed by atoms with Crippen LogP contribution < -0.4 is 10.9 Å². The number of aromatic amines is 1. The van der Waals surface area contributed by atoms with E-state index in [-0.39, 0.29) is 11.5 Å².